The number of anilines is 1. The van der Waals surface area contributed by atoms with E-state index in [9.17, 15) is 0 Å². The minimum absolute atomic E-state index is 0.0276. The van der Waals surface area contributed by atoms with Crippen LogP contribution in [0.3, 0.4) is 0 Å². The fourth-order valence-corrected chi connectivity index (χ4v) is 2.82. The van der Waals surface area contributed by atoms with Gasteiger partial charge >= 0.3 is 0 Å². The van der Waals surface area contributed by atoms with Crippen molar-refractivity contribution in [2.75, 3.05) is 11.9 Å². The Kier molecular flexibility index (Phi) is 2.58. The van der Waals surface area contributed by atoms with Crippen LogP contribution in [0.25, 0.3) is 0 Å². The molecule has 1 aromatic heterocycles. The molecule has 0 spiro atoms. The third kappa shape index (κ3) is 2.04. The van der Waals surface area contributed by atoms with Gasteiger partial charge in [0.2, 0.25) is 0 Å². The molecular formula is C14H21N3. The molecule has 3 heteroatoms. The molecule has 3 rings (SSSR count). The van der Waals surface area contributed by atoms with Crippen molar-refractivity contribution >= 4 is 5.82 Å². The molecule has 0 radical (unpaired) electrons. The molecule has 1 saturated carbocycles. The summed E-state index contributed by atoms with van der Waals surface area (Å²) in [7, 11) is 0. The SMILES string of the molecule is CC(CN)(Nc1ccc2c(n1)CCC2)C1CC1. The summed E-state index contributed by atoms with van der Waals surface area (Å²) < 4.78 is 0. The summed E-state index contributed by atoms with van der Waals surface area (Å²) in [6.45, 7) is 2.90. The van der Waals surface area contributed by atoms with Crippen molar-refractivity contribution in [2.24, 2.45) is 11.7 Å². The predicted octanol–water partition coefficient (Wildman–Crippen LogP) is 2.11. The lowest BCUT2D eigenvalue weighted by Crippen LogP contribution is -2.44. The van der Waals surface area contributed by atoms with Gasteiger partial charge in [0.1, 0.15) is 5.82 Å². The fourth-order valence-electron chi connectivity index (χ4n) is 2.82. The molecule has 17 heavy (non-hydrogen) atoms. The first kappa shape index (κ1) is 11.0. The first-order chi connectivity index (χ1) is 8.21. The number of fused-ring (bicyclic) bond motifs is 1. The molecule has 1 unspecified atom stereocenters. The van der Waals surface area contributed by atoms with E-state index in [1.54, 1.807) is 0 Å². The number of pyridine rings is 1. The number of rotatable bonds is 4. The summed E-state index contributed by atoms with van der Waals surface area (Å²) in [6, 6.07) is 4.34. The molecule has 0 bridgehead atoms. The third-order valence-corrected chi connectivity index (χ3v) is 4.24. The smallest absolute Gasteiger partial charge is 0.126 e. The molecule has 0 saturated heterocycles. The molecule has 2 aliphatic carbocycles. The maximum absolute atomic E-state index is 5.92. The molecule has 1 aromatic rings. The maximum Gasteiger partial charge on any atom is 0.126 e. The number of nitrogens with one attached hydrogen (secondary N) is 1. The van der Waals surface area contributed by atoms with Crippen molar-refractivity contribution in [3.8, 4) is 0 Å². The Morgan fingerprint density at radius 3 is 2.94 bits per heavy atom. The number of nitrogens with two attached hydrogens (primary N) is 1. The van der Waals surface area contributed by atoms with E-state index in [2.05, 4.69) is 24.4 Å². The number of hydrogen-bond donors (Lipinski definition) is 2. The van der Waals surface area contributed by atoms with E-state index in [4.69, 9.17) is 10.7 Å². The van der Waals surface area contributed by atoms with E-state index >= 15 is 0 Å². The van der Waals surface area contributed by atoms with Crippen molar-refractivity contribution in [3.05, 3.63) is 23.4 Å². The molecule has 1 fully saturated rings. The Morgan fingerprint density at radius 1 is 1.41 bits per heavy atom. The summed E-state index contributed by atoms with van der Waals surface area (Å²) in [5, 5.41) is 3.56. The van der Waals surface area contributed by atoms with Crippen LogP contribution < -0.4 is 11.1 Å². The van der Waals surface area contributed by atoms with Gasteiger partial charge in [0.15, 0.2) is 0 Å². The van der Waals surface area contributed by atoms with Crippen molar-refractivity contribution in [1.29, 1.82) is 0 Å². The zero-order valence-corrected chi connectivity index (χ0v) is 10.5. The summed E-state index contributed by atoms with van der Waals surface area (Å²) in [6.07, 6.45) is 6.17. The molecule has 1 atom stereocenters. The number of hydrogen-bond acceptors (Lipinski definition) is 3. The van der Waals surface area contributed by atoms with Crippen LogP contribution >= 0.6 is 0 Å². The van der Waals surface area contributed by atoms with E-state index in [0.717, 1.165) is 18.2 Å². The Hall–Kier alpha value is -1.09. The summed E-state index contributed by atoms with van der Waals surface area (Å²) in [4.78, 5) is 4.73. The topological polar surface area (TPSA) is 50.9 Å². The third-order valence-electron chi connectivity index (χ3n) is 4.24. The van der Waals surface area contributed by atoms with Crippen molar-refractivity contribution in [1.82, 2.24) is 4.98 Å². The van der Waals surface area contributed by atoms with Crippen molar-refractivity contribution in [2.45, 2.75) is 44.6 Å². The second-order valence-corrected chi connectivity index (χ2v) is 5.68. The average molecular weight is 231 g/mol. The largest absolute Gasteiger partial charge is 0.363 e. The highest BCUT2D eigenvalue weighted by Crippen LogP contribution is 2.40. The molecule has 3 nitrogen and oxygen atoms in total. The van der Waals surface area contributed by atoms with Crippen LogP contribution in [0, 0.1) is 5.92 Å². The maximum atomic E-state index is 5.92. The lowest BCUT2D eigenvalue weighted by atomic mass is 9.96. The van der Waals surface area contributed by atoms with Gasteiger partial charge in [-0.05, 0) is 56.6 Å². The van der Waals surface area contributed by atoms with Gasteiger partial charge in [-0.25, -0.2) is 4.98 Å². The lowest BCUT2D eigenvalue weighted by molar-refractivity contribution is 0.457. The molecule has 0 aromatic carbocycles. The molecule has 0 amide bonds. The zero-order valence-electron chi connectivity index (χ0n) is 10.5. The molecular weight excluding hydrogens is 210 g/mol. The van der Waals surface area contributed by atoms with E-state index < -0.39 is 0 Å². The summed E-state index contributed by atoms with van der Waals surface area (Å²) in [5.41, 5.74) is 8.66. The standard InChI is InChI=1S/C14H21N3/c1-14(9-15,11-6-7-11)17-13-8-5-10-3-2-4-12(10)16-13/h5,8,11H,2-4,6-7,9,15H2,1H3,(H,16,17). The Bertz CT molecular complexity index is 425. The van der Waals surface area contributed by atoms with Gasteiger partial charge in [-0.15, -0.1) is 0 Å². The normalized spacial score (nSPS) is 22.0. The highest BCUT2D eigenvalue weighted by Gasteiger charge is 2.40. The monoisotopic (exact) mass is 231 g/mol. The van der Waals surface area contributed by atoms with Crippen LogP contribution in [0.2, 0.25) is 0 Å². The highest BCUT2D eigenvalue weighted by molar-refractivity contribution is 5.43. The van der Waals surface area contributed by atoms with Crippen LogP contribution in [0.1, 0.15) is 37.4 Å². The van der Waals surface area contributed by atoms with Gasteiger partial charge in [-0.1, -0.05) is 6.07 Å². The van der Waals surface area contributed by atoms with E-state index in [-0.39, 0.29) is 5.54 Å². The van der Waals surface area contributed by atoms with Gasteiger partial charge in [-0.3, -0.25) is 0 Å². The van der Waals surface area contributed by atoms with Gasteiger partial charge in [0.05, 0.1) is 5.54 Å². The molecule has 0 aliphatic heterocycles. The molecule has 3 N–H and O–H groups in total. The van der Waals surface area contributed by atoms with Gasteiger partial charge in [0, 0.05) is 12.2 Å². The Morgan fingerprint density at radius 2 is 2.24 bits per heavy atom. The van der Waals surface area contributed by atoms with Gasteiger partial charge in [-0.2, -0.15) is 0 Å². The second kappa shape index (κ2) is 3.98. The van der Waals surface area contributed by atoms with E-state index in [0.29, 0.717) is 6.54 Å². The van der Waals surface area contributed by atoms with Crippen LogP contribution in [0.5, 0.6) is 0 Å². The average Bonchev–Trinajstić information content (AvgIpc) is 3.09. The van der Waals surface area contributed by atoms with Crippen LogP contribution in [-0.2, 0) is 12.8 Å². The number of nitrogens with zero attached hydrogens (tertiary/aromatic N) is 1. The Labute approximate surface area is 103 Å². The first-order valence-corrected chi connectivity index (χ1v) is 6.68. The van der Waals surface area contributed by atoms with Crippen molar-refractivity contribution < 1.29 is 0 Å². The van der Waals surface area contributed by atoms with Gasteiger partial charge in [0.25, 0.3) is 0 Å². The molecule has 2 aliphatic rings. The van der Waals surface area contributed by atoms with E-state index in [1.807, 2.05) is 0 Å². The zero-order chi connectivity index (χ0) is 11.9. The van der Waals surface area contributed by atoms with Crippen LogP contribution in [-0.4, -0.2) is 17.1 Å². The van der Waals surface area contributed by atoms with Crippen molar-refractivity contribution in [3.63, 3.8) is 0 Å². The minimum Gasteiger partial charge on any atom is -0.363 e. The number of aryl methyl sites for hydroxylation is 2. The fraction of sp³-hybridized carbons (Fsp3) is 0.643. The Balaban J connectivity index is 1.80. The van der Waals surface area contributed by atoms with E-state index in [1.165, 1.54) is 36.9 Å². The van der Waals surface area contributed by atoms with Crippen LogP contribution in [0.15, 0.2) is 12.1 Å². The van der Waals surface area contributed by atoms with Gasteiger partial charge < -0.3 is 11.1 Å². The summed E-state index contributed by atoms with van der Waals surface area (Å²) >= 11 is 0. The number of aromatic nitrogens is 1. The predicted molar refractivity (Wildman–Crippen MR) is 70.1 cm³/mol. The van der Waals surface area contributed by atoms with Crippen LogP contribution in [0.4, 0.5) is 5.82 Å². The summed E-state index contributed by atoms with van der Waals surface area (Å²) in [5.74, 6) is 1.73. The minimum atomic E-state index is 0.0276. The quantitative estimate of drug-likeness (QED) is 0.834. The second-order valence-electron chi connectivity index (χ2n) is 5.68. The molecule has 92 valence electrons. The lowest BCUT2D eigenvalue weighted by Gasteiger charge is -2.30. The first-order valence-electron chi connectivity index (χ1n) is 6.68. The highest BCUT2D eigenvalue weighted by atomic mass is 15.1. The molecule has 1 heterocycles.